The molecular formula is C17H15F3O3. The quantitative estimate of drug-likeness (QED) is 0.774. The van der Waals surface area contributed by atoms with Crippen molar-refractivity contribution in [1.29, 1.82) is 0 Å². The van der Waals surface area contributed by atoms with Gasteiger partial charge in [0.25, 0.3) is 0 Å². The summed E-state index contributed by atoms with van der Waals surface area (Å²) in [4.78, 5) is 12.2. The molecule has 0 N–H and O–H groups in total. The number of benzene rings is 2. The lowest BCUT2D eigenvalue weighted by molar-refractivity contribution is -0.137. The second-order valence-electron chi connectivity index (χ2n) is 4.68. The molecule has 0 aliphatic rings. The Hall–Kier alpha value is -2.50. The highest BCUT2D eigenvalue weighted by Crippen LogP contribution is 2.34. The third-order valence-electron chi connectivity index (χ3n) is 3.25. The maximum absolute atomic E-state index is 12.7. The number of rotatable bonds is 4. The lowest BCUT2D eigenvalue weighted by Crippen LogP contribution is -2.09. The van der Waals surface area contributed by atoms with Crippen molar-refractivity contribution in [3.8, 4) is 16.9 Å². The Labute approximate surface area is 131 Å². The zero-order valence-electron chi connectivity index (χ0n) is 12.6. The van der Waals surface area contributed by atoms with Crippen LogP contribution in [0.4, 0.5) is 13.2 Å². The first-order valence-electron chi connectivity index (χ1n) is 6.90. The van der Waals surface area contributed by atoms with Gasteiger partial charge in [-0.3, -0.25) is 0 Å². The standard InChI is InChI=1S/C17H15F3O3/c1-3-23-16(21)15-13(5-4-6-14(15)22-2)11-7-9-12(10-8-11)17(18,19)20/h4-10H,3H2,1-2H3. The summed E-state index contributed by atoms with van der Waals surface area (Å²) in [6.07, 6.45) is -4.41. The number of halogens is 3. The summed E-state index contributed by atoms with van der Waals surface area (Å²) in [6, 6.07) is 9.49. The highest BCUT2D eigenvalue weighted by molar-refractivity contribution is 6.00. The summed E-state index contributed by atoms with van der Waals surface area (Å²) in [7, 11) is 1.41. The minimum Gasteiger partial charge on any atom is -0.496 e. The van der Waals surface area contributed by atoms with Gasteiger partial charge in [-0.2, -0.15) is 13.2 Å². The third kappa shape index (κ3) is 3.64. The summed E-state index contributed by atoms with van der Waals surface area (Å²) in [5, 5.41) is 0. The molecular weight excluding hydrogens is 309 g/mol. The van der Waals surface area contributed by atoms with Crippen LogP contribution in [0.25, 0.3) is 11.1 Å². The molecule has 0 saturated heterocycles. The van der Waals surface area contributed by atoms with Crippen LogP contribution >= 0.6 is 0 Å². The van der Waals surface area contributed by atoms with E-state index in [1.54, 1.807) is 25.1 Å². The molecule has 6 heteroatoms. The Kier molecular flexibility index (Phi) is 4.93. The number of hydrogen-bond donors (Lipinski definition) is 0. The number of carbonyl (C=O) groups excluding carboxylic acids is 1. The molecule has 0 atom stereocenters. The SMILES string of the molecule is CCOC(=O)c1c(OC)cccc1-c1ccc(C(F)(F)F)cc1. The Morgan fingerprint density at radius 2 is 1.74 bits per heavy atom. The second kappa shape index (κ2) is 6.73. The monoisotopic (exact) mass is 324 g/mol. The zero-order chi connectivity index (χ0) is 17.0. The van der Waals surface area contributed by atoms with Crippen molar-refractivity contribution in [3.05, 3.63) is 53.6 Å². The fourth-order valence-corrected chi connectivity index (χ4v) is 2.19. The smallest absolute Gasteiger partial charge is 0.416 e. The topological polar surface area (TPSA) is 35.5 Å². The van der Waals surface area contributed by atoms with Crippen molar-refractivity contribution >= 4 is 5.97 Å². The molecule has 0 fully saturated rings. The summed E-state index contributed by atoms with van der Waals surface area (Å²) in [6.45, 7) is 1.86. The van der Waals surface area contributed by atoms with Crippen LogP contribution in [0.15, 0.2) is 42.5 Å². The van der Waals surface area contributed by atoms with E-state index in [-0.39, 0.29) is 12.2 Å². The highest BCUT2D eigenvalue weighted by atomic mass is 19.4. The molecule has 0 aliphatic heterocycles. The van der Waals surface area contributed by atoms with Crippen LogP contribution in [-0.4, -0.2) is 19.7 Å². The van der Waals surface area contributed by atoms with Crippen LogP contribution in [0.2, 0.25) is 0 Å². The minimum atomic E-state index is -4.41. The van der Waals surface area contributed by atoms with Crippen molar-refractivity contribution in [1.82, 2.24) is 0 Å². The van der Waals surface area contributed by atoms with Crippen LogP contribution in [-0.2, 0) is 10.9 Å². The molecule has 2 aromatic carbocycles. The minimum absolute atomic E-state index is 0.184. The van der Waals surface area contributed by atoms with Crippen LogP contribution < -0.4 is 4.74 Å². The molecule has 3 nitrogen and oxygen atoms in total. The number of carbonyl (C=O) groups is 1. The van der Waals surface area contributed by atoms with E-state index >= 15 is 0 Å². The number of methoxy groups -OCH3 is 1. The molecule has 0 radical (unpaired) electrons. The van der Waals surface area contributed by atoms with Gasteiger partial charge in [0.1, 0.15) is 11.3 Å². The van der Waals surface area contributed by atoms with Crippen molar-refractivity contribution in [2.24, 2.45) is 0 Å². The van der Waals surface area contributed by atoms with Gasteiger partial charge in [-0.25, -0.2) is 4.79 Å². The molecule has 0 unspecified atom stereocenters. The summed E-state index contributed by atoms with van der Waals surface area (Å²) in [5.74, 6) is -0.277. The zero-order valence-corrected chi connectivity index (χ0v) is 12.6. The molecule has 0 aromatic heterocycles. The van der Waals surface area contributed by atoms with E-state index in [9.17, 15) is 18.0 Å². The number of ether oxygens (including phenoxy) is 2. The molecule has 0 saturated carbocycles. The van der Waals surface area contributed by atoms with Crippen LogP contribution in [0.3, 0.4) is 0 Å². The summed E-state index contributed by atoms with van der Waals surface area (Å²) >= 11 is 0. The predicted octanol–water partition coefficient (Wildman–Crippen LogP) is 4.56. The Balaban J connectivity index is 2.52. The first-order chi connectivity index (χ1) is 10.9. The van der Waals surface area contributed by atoms with Gasteiger partial charge in [0.05, 0.1) is 19.3 Å². The maximum Gasteiger partial charge on any atom is 0.416 e. The normalized spacial score (nSPS) is 11.2. The lowest BCUT2D eigenvalue weighted by Gasteiger charge is -2.14. The van der Waals surface area contributed by atoms with Gasteiger partial charge in [0.2, 0.25) is 0 Å². The number of alkyl halides is 3. The van der Waals surface area contributed by atoms with E-state index in [0.717, 1.165) is 12.1 Å². The van der Waals surface area contributed by atoms with E-state index in [2.05, 4.69) is 0 Å². The van der Waals surface area contributed by atoms with Gasteiger partial charge in [0.15, 0.2) is 0 Å². The average Bonchev–Trinajstić information content (AvgIpc) is 2.53. The first-order valence-corrected chi connectivity index (χ1v) is 6.90. The van der Waals surface area contributed by atoms with E-state index in [1.807, 2.05) is 0 Å². The van der Waals surface area contributed by atoms with Gasteiger partial charge in [-0.1, -0.05) is 24.3 Å². The van der Waals surface area contributed by atoms with Gasteiger partial charge in [-0.05, 0) is 36.2 Å². The fourth-order valence-electron chi connectivity index (χ4n) is 2.19. The van der Waals surface area contributed by atoms with Crippen LogP contribution in [0, 0.1) is 0 Å². The van der Waals surface area contributed by atoms with Crippen molar-refractivity contribution in [2.45, 2.75) is 13.1 Å². The van der Waals surface area contributed by atoms with E-state index in [1.165, 1.54) is 19.2 Å². The summed E-state index contributed by atoms with van der Waals surface area (Å²) in [5.41, 5.74) is 0.370. The van der Waals surface area contributed by atoms with E-state index in [4.69, 9.17) is 9.47 Å². The van der Waals surface area contributed by atoms with E-state index in [0.29, 0.717) is 16.9 Å². The highest BCUT2D eigenvalue weighted by Gasteiger charge is 2.30. The van der Waals surface area contributed by atoms with Crippen LogP contribution in [0.5, 0.6) is 5.75 Å². The Morgan fingerprint density at radius 3 is 2.26 bits per heavy atom. The largest absolute Gasteiger partial charge is 0.496 e. The fraction of sp³-hybridized carbons (Fsp3) is 0.235. The molecule has 122 valence electrons. The number of esters is 1. The van der Waals surface area contributed by atoms with Gasteiger partial charge in [-0.15, -0.1) is 0 Å². The maximum atomic E-state index is 12.7. The molecule has 2 aromatic rings. The average molecular weight is 324 g/mol. The van der Waals surface area contributed by atoms with E-state index < -0.39 is 17.7 Å². The molecule has 0 amide bonds. The third-order valence-corrected chi connectivity index (χ3v) is 3.25. The Bertz CT molecular complexity index is 691. The van der Waals surface area contributed by atoms with Crippen molar-refractivity contribution in [2.75, 3.05) is 13.7 Å². The number of hydrogen-bond acceptors (Lipinski definition) is 3. The lowest BCUT2D eigenvalue weighted by atomic mass is 9.97. The van der Waals surface area contributed by atoms with Gasteiger partial charge in [0, 0.05) is 0 Å². The molecule has 0 bridgehead atoms. The summed E-state index contributed by atoms with van der Waals surface area (Å²) < 4.78 is 48.1. The van der Waals surface area contributed by atoms with Gasteiger partial charge >= 0.3 is 12.1 Å². The molecule has 2 rings (SSSR count). The van der Waals surface area contributed by atoms with Gasteiger partial charge < -0.3 is 9.47 Å². The predicted molar refractivity (Wildman–Crippen MR) is 79.4 cm³/mol. The first kappa shape index (κ1) is 16.9. The molecule has 0 heterocycles. The molecule has 0 aliphatic carbocycles. The Morgan fingerprint density at radius 1 is 1.09 bits per heavy atom. The van der Waals surface area contributed by atoms with Crippen LogP contribution in [0.1, 0.15) is 22.8 Å². The molecule has 0 spiro atoms. The second-order valence-corrected chi connectivity index (χ2v) is 4.68. The van der Waals surface area contributed by atoms with Crippen molar-refractivity contribution in [3.63, 3.8) is 0 Å². The van der Waals surface area contributed by atoms with Crippen molar-refractivity contribution < 1.29 is 27.4 Å². The molecule has 23 heavy (non-hydrogen) atoms.